The van der Waals surface area contributed by atoms with Crippen LogP contribution in [0.2, 0.25) is 0 Å². The lowest BCUT2D eigenvalue weighted by molar-refractivity contribution is 0.591. The first kappa shape index (κ1) is 27.9. The molecule has 0 saturated heterocycles. The molecule has 0 spiro atoms. The molecule has 0 fully saturated rings. The third-order valence-electron chi connectivity index (χ3n) is 8.22. The molecule has 1 aromatic heterocycles. The van der Waals surface area contributed by atoms with Crippen LogP contribution < -0.4 is 0 Å². The highest BCUT2D eigenvalue weighted by molar-refractivity contribution is 7.21. The first-order chi connectivity index (χ1) is 21.3. The van der Waals surface area contributed by atoms with Crippen LogP contribution in [0, 0.1) is 6.92 Å². The summed E-state index contributed by atoms with van der Waals surface area (Å²) < 4.78 is 1.19. The van der Waals surface area contributed by atoms with Crippen molar-refractivity contribution in [3.63, 3.8) is 0 Å². The quantitative estimate of drug-likeness (QED) is 0.184. The molecule has 7 rings (SSSR count). The van der Waals surface area contributed by atoms with Crippen LogP contribution in [0.15, 0.2) is 132 Å². The van der Waals surface area contributed by atoms with E-state index in [0.717, 1.165) is 27.3 Å². The number of hydrogen-bond donors (Lipinski definition) is 0. The number of aliphatic imine (C=N–C) groups is 1. The molecule has 0 amide bonds. The molecule has 0 atom stereocenters. The SMILES string of the molecule is Cc1ccc(-c2cccc(-c3cc(C(C)(C)C)cc4sc(-c5ccccc5N=Cc5cccc6ccccc56)nc34)c2)cc1. The Balaban J connectivity index is 1.35. The smallest absolute Gasteiger partial charge is 0.126 e. The van der Waals surface area contributed by atoms with E-state index in [2.05, 4.69) is 149 Å². The summed E-state index contributed by atoms with van der Waals surface area (Å²) >= 11 is 1.75. The van der Waals surface area contributed by atoms with E-state index in [4.69, 9.17) is 9.98 Å². The Morgan fingerprint density at radius 3 is 2.23 bits per heavy atom. The minimum atomic E-state index is 0.00230. The van der Waals surface area contributed by atoms with Gasteiger partial charge in [-0.2, -0.15) is 0 Å². The van der Waals surface area contributed by atoms with Crippen molar-refractivity contribution in [2.24, 2.45) is 4.99 Å². The number of rotatable bonds is 5. The molecular weight excluding hydrogens is 553 g/mol. The summed E-state index contributed by atoms with van der Waals surface area (Å²) in [7, 11) is 0. The Labute approximate surface area is 263 Å². The van der Waals surface area contributed by atoms with Crippen LogP contribution in [0.4, 0.5) is 5.69 Å². The summed E-state index contributed by atoms with van der Waals surface area (Å²) in [6.45, 7) is 8.96. The number of nitrogens with zero attached hydrogens (tertiary/aromatic N) is 2. The van der Waals surface area contributed by atoms with Crippen molar-refractivity contribution in [1.82, 2.24) is 4.98 Å². The summed E-state index contributed by atoms with van der Waals surface area (Å²) in [5, 5.41) is 3.39. The highest BCUT2D eigenvalue weighted by Crippen LogP contribution is 2.42. The molecule has 0 aliphatic heterocycles. The normalized spacial score (nSPS) is 12.0. The Morgan fingerprint density at radius 2 is 1.39 bits per heavy atom. The molecule has 1 heterocycles. The van der Waals surface area contributed by atoms with Crippen molar-refractivity contribution in [2.45, 2.75) is 33.1 Å². The first-order valence-electron chi connectivity index (χ1n) is 15.1. The number of benzene rings is 6. The van der Waals surface area contributed by atoms with Crippen molar-refractivity contribution >= 4 is 44.2 Å². The van der Waals surface area contributed by atoms with Gasteiger partial charge in [-0.1, -0.05) is 123 Å². The second-order valence-corrected chi connectivity index (χ2v) is 13.5. The Morgan fingerprint density at radius 1 is 0.659 bits per heavy atom. The lowest BCUT2D eigenvalue weighted by atomic mass is 9.85. The third kappa shape index (κ3) is 5.47. The van der Waals surface area contributed by atoms with E-state index < -0.39 is 0 Å². The van der Waals surface area contributed by atoms with Gasteiger partial charge in [0.05, 0.1) is 15.9 Å². The fourth-order valence-electron chi connectivity index (χ4n) is 5.68. The monoisotopic (exact) mass is 586 g/mol. The van der Waals surface area contributed by atoms with E-state index in [9.17, 15) is 0 Å². The van der Waals surface area contributed by atoms with Crippen LogP contribution in [0.25, 0.3) is 53.8 Å². The van der Waals surface area contributed by atoms with Gasteiger partial charge < -0.3 is 0 Å². The molecule has 0 aliphatic carbocycles. The molecule has 44 heavy (non-hydrogen) atoms. The molecule has 2 nitrogen and oxygen atoms in total. The minimum Gasteiger partial charge on any atom is -0.256 e. The predicted octanol–water partition coefficient (Wildman–Crippen LogP) is 11.8. The van der Waals surface area contributed by atoms with E-state index in [1.54, 1.807) is 11.3 Å². The van der Waals surface area contributed by atoms with Crippen LogP contribution in [0.3, 0.4) is 0 Å². The predicted molar refractivity (Wildman–Crippen MR) is 191 cm³/mol. The Hall–Kier alpha value is -4.86. The topological polar surface area (TPSA) is 25.2 Å². The van der Waals surface area contributed by atoms with Crippen molar-refractivity contribution in [3.8, 4) is 32.8 Å². The van der Waals surface area contributed by atoms with Gasteiger partial charge in [-0.25, -0.2) is 4.98 Å². The summed E-state index contributed by atoms with van der Waals surface area (Å²) in [4.78, 5) is 10.3. The maximum Gasteiger partial charge on any atom is 0.126 e. The summed E-state index contributed by atoms with van der Waals surface area (Å²) in [6.07, 6.45) is 1.98. The lowest BCUT2D eigenvalue weighted by Crippen LogP contribution is -2.11. The van der Waals surface area contributed by atoms with E-state index in [1.807, 2.05) is 12.3 Å². The average Bonchev–Trinajstić information content (AvgIpc) is 3.48. The molecule has 0 aliphatic rings. The number of aromatic nitrogens is 1. The average molecular weight is 587 g/mol. The van der Waals surface area contributed by atoms with Gasteiger partial charge in [0.1, 0.15) is 5.01 Å². The van der Waals surface area contributed by atoms with E-state index in [0.29, 0.717) is 0 Å². The second kappa shape index (κ2) is 11.3. The molecular formula is C41H34N2S. The molecule has 214 valence electrons. The number of hydrogen-bond acceptors (Lipinski definition) is 3. The van der Waals surface area contributed by atoms with Crippen LogP contribution in [-0.2, 0) is 5.41 Å². The molecule has 0 radical (unpaired) electrons. The number of fused-ring (bicyclic) bond motifs is 2. The van der Waals surface area contributed by atoms with Crippen molar-refractivity contribution in [3.05, 3.63) is 144 Å². The fourth-order valence-corrected chi connectivity index (χ4v) is 6.75. The van der Waals surface area contributed by atoms with E-state index >= 15 is 0 Å². The first-order valence-corrected chi connectivity index (χ1v) is 15.9. The lowest BCUT2D eigenvalue weighted by Gasteiger charge is -2.20. The van der Waals surface area contributed by atoms with Crippen molar-refractivity contribution in [1.29, 1.82) is 0 Å². The van der Waals surface area contributed by atoms with Gasteiger partial charge in [-0.15, -0.1) is 11.3 Å². The van der Waals surface area contributed by atoms with Crippen molar-refractivity contribution < 1.29 is 0 Å². The standard InChI is InChI=1S/C41H34N2S/c1-27-19-21-28(22-20-27)30-13-10-14-31(23-30)36-24-33(41(2,3)4)25-38-39(36)43-40(44-38)35-17-7-8-18-37(35)42-26-32-15-9-12-29-11-5-6-16-34(29)32/h5-26H,1-4H3. The van der Waals surface area contributed by atoms with Crippen LogP contribution in [0.5, 0.6) is 0 Å². The molecule has 0 saturated carbocycles. The zero-order valence-corrected chi connectivity index (χ0v) is 26.3. The highest BCUT2D eigenvalue weighted by Gasteiger charge is 2.20. The van der Waals surface area contributed by atoms with Crippen LogP contribution >= 0.6 is 11.3 Å². The largest absolute Gasteiger partial charge is 0.256 e. The maximum atomic E-state index is 5.31. The second-order valence-electron chi connectivity index (χ2n) is 12.4. The summed E-state index contributed by atoms with van der Waals surface area (Å²) in [6, 6.07) is 45.4. The van der Waals surface area contributed by atoms with Gasteiger partial charge >= 0.3 is 0 Å². The van der Waals surface area contributed by atoms with Gasteiger partial charge in [-0.05, 0) is 75.7 Å². The molecule has 7 aromatic rings. The van der Waals surface area contributed by atoms with Gasteiger partial charge in [0, 0.05) is 22.9 Å². The number of aryl methyl sites for hydroxylation is 1. The molecule has 0 N–H and O–H groups in total. The fraction of sp³-hybridized carbons (Fsp3) is 0.122. The zero-order chi connectivity index (χ0) is 30.3. The maximum absolute atomic E-state index is 5.31. The minimum absolute atomic E-state index is 0.00230. The van der Waals surface area contributed by atoms with Crippen LogP contribution in [0.1, 0.15) is 37.5 Å². The van der Waals surface area contributed by atoms with Gasteiger partial charge in [0.25, 0.3) is 0 Å². The van der Waals surface area contributed by atoms with Gasteiger partial charge in [0.15, 0.2) is 0 Å². The van der Waals surface area contributed by atoms with E-state index in [1.165, 1.54) is 48.9 Å². The summed E-state index contributed by atoms with van der Waals surface area (Å²) in [5.41, 5.74) is 11.4. The zero-order valence-electron chi connectivity index (χ0n) is 25.5. The molecule has 3 heteroatoms. The molecule has 0 bridgehead atoms. The Kier molecular flexibility index (Phi) is 7.20. The number of para-hydroxylation sites is 1. The molecule has 6 aromatic carbocycles. The third-order valence-corrected chi connectivity index (χ3v) is 9.26. The van der Waals surface area contributed by atoms with Crippen molar-refractivity contribution in [2.75, 3.05) is 0 Å². The van der Waals surface area contributed by atoms with Gasteiger partial charge in [-0.3, -0.25) is 4.99 Å². The van der Waals surface area contributed by atoms with E-state index in [-0.39, 0.29) is 5.41 Å². The number of thiazole rings is 1. The Bertz CT molecular complexity index is 2160. The van der Waals surface area contributed by atoms with Gasteiger partial charge in [0.2, 0.25) is 0 Å². The van der Waals surface area contributed by atoms with Crippen LogP contribution in [-0.4, -0.2) is 11.2 Å². The highest BCUT2D eigenvalue weighted by atomic mass is 32.1. The summed E-state index contributed by atoms with van der Waals surface area (Å²) in [5.74, 6) is 0. The molecule has 0 unspecified atom stereocenters.